The molecule has 0 radical (unpaired) electrons. The first-order valence-corrected chi connectivity index (χ1v) is 4.74. The van der Waals surface area contributed by atoms with Crippen LogP contribution in [-0.2, 0) is 4.74 Å². The molecule has 15 heavy (non-hydrogen) atoms. The predicted molar refractivity (Wildman–Crippen MR) is 52.1 cm³/mol. The minimum Gasteiger partial charge on any atom is -0.376 e. The van der Waals surface area contributed by atoms with E-state index in [1.54, 1.807) is 11.9 Å². The lowest BCUT2D eigenvalue weighted by Crippen LogP contribution is -2.39. The topological polar surface area (TPSA) is 25.4 Å². The van der Waals surface area contributed by atoms with Crippen LogP contribution in [0.3, 0.4) is 0 Å². The van der Waals surface area contributed by atoms with E-state index in [-0.39, 0.29) is 12.6 Å². The largest absolute Gasteiger partial charge is 0.376 e. The van der Waals surface area contributed by atoms with Crippen molar-refractivity contribution in [2.24, 2.45) is 0 Å². The van der Waals surface area contributed by atoms with E-state index in [4.69, 9.17) is 4.74 Å². The molecule has 5 heteroatoms. The second kappa shape index (κ2) is 4.10. The number of ether oxygens (including phenoxy) is 1. The fourth-order valence-electron chi connectivity index (χ4n) is 1.62. The highest BCUT2D eigenvalue weighted by atomic mass is 19.1. The zero-order valence-corrected chi connectivity index (χ0v) is 8.36. The summed E-state index contributed by atoms with van der Waals surface area (Å²) < 4.78 is 31.0. The molecule has 1 aliphatic heterocycles. The average molecular weight is 214 g/mol. The molecule has 2 atom stereocenters. The van der Waals surface area contributed by atoms with Crippen LogP contribution in [0.5, 0.6) is 0 Å². The molecule has 1 aliphatic rings. The molecule has 0 N–H and O–H groups in total. The first kappa shape index (κ1) is 10.3. The fraction of sp³-hybridized carbons (Fsp3) is 0.500. The van der Waals surface area contributed by atoms with Gasteiger partial charge in [-0.05, 0) is 12.1 Å². The Kier molecular flexibility index (Phi) is 2.81. The van der Waals surface area contributed by atoms with Crippen molar-refractivity contribution < 1.29 is 13.5 Å². The van der Waals surface area contributed by atoms with E-state index < -0.39 is 12.0 Å². The maximum atomic E-state index is 13.3. The summed E-state index contributed by atoms with van der Waals surface area (Å²) in [6.45, 7) is 0.465. The molecule has 0 aliphatic carbocycles. The molecule has 0 amide bonds. The molecule has 0 aromatic carbocycles. The van der Waals surface area contributed by atoms with Gasteiger partial charge in [0.25, 0.3) is 0 Å². The third-order valence-corrected chi connectivity index (χ3v) is 2.55. The molecule has 1 fully saturated rings. The van der Waals surface area contributed by atoms with E-state index in [9.17, 15) is 8.78 Å². The van der Waals surface area contributed by atoms with Gasteiger partial charge in [0, 0.05) is 7.05 Å². The van der Waals surface area contributed by atoms with Crippen LogP contribution in [0.25, 0.3) is 0 Å². The summed E-state index contributed by atoms with van der Waals surface area (Å²) in [5.41, 5.74) is 0. The maximum Gasteiger partial charge on any atom is 0.146 e. The third kappa shape index (κ3) is 2.07. The van der Waals surface area contributed by atoms with Gasteiger partial charge in [-0.25, -0.2) is 13.8 Å². The fourth-order valence-corrected chi connectivity index (χ4v) is 1.62. The van der Waals surface area contributed by atoms with Crippen molar-refractivity contribution in [3.05, 3.63) is 24.1 Å². The summed E-state index contributed by atoms with van der Waals surface area (Å²) in [6.07, 6.45) is 0.108. The molecule has 0 spiro atoms. The Morgan fingerprint density at radius 3 is 2.80 bits per heavy atom. The van der Waals surface area contributed by atoms with Crippen molar-refractivity contribution in [2.45, 2.75) is 12.2 Å². The summed E-state index contributed by atoms with van der Waals surface area (Å²) >= 11 is 0. The minimum absolute atomic E-state index is 0.121. The van der Waals surface area contributed by atoms with Gasteiger partial charge in [0.1, 0.15) is 17.8 Å². The lowest BCUT2D eigenvalue weighted by molar-refractivity contribution is 0.173. The van der Waals surface area contributed by atoms with Gasteiger partial charge in [-0.3, -0.25) is 0 Å². The maximum absolute atomic E-state index is 13.3. The Labute approximate surface area is 86.7 Å². The molecule has 2 rings (SSSR count). The average Bonchev–Trinajstić information content (AvgIpc) is 2.65. The van der Waals surface area contributed by atoms with Crippen molar-refractivity contribution in [3.8, 4) is 0 Å². The first-order valence-electron chi connectivity index (χ1n) is 4.74. The molecular weight excluding hydrogens is 202 g/mol. The Morgan fingerprint density at radius 1 is 1.47 bits per heavy atom. The molecule has 1 aromatic heterocycles. The van der Waals surface area contributed by atoms with Gasteiger partial charge < -0.3 is 9.64 Å². The second-order valence-corrected chi connectivity index (χ2v) is 3.57. The van der Waals surface area contributed by atoms with Crippen LogP contribution >= 0.6 is 0 Å². The summed E-state index contributed by atoms with van der Waals surface area (Å²) in [7, 11) is 1.73. The van der Waals surface area contributed by atoms with Crippen LogP contribution in [0.4, 0.5) is 14.6 Å². The first-order chi connectivity index (χ1) is 7.18. The van der Waals surface area contributed by atoms with Crippen LogP contribution in [0.2, 0.25) is 0 Å². The summed E-state index contributed by atoms with van der Waals surface area (Å²) in [4.78, 5) is 5.56. The SMILES string of the molecule is CN(c1ccc(F)cn1)C1COCC1F. The van der Waals surface area contributed by atoms with Gasteiger partial charge in [-0.15, -0.1) is 0 Å². The number of likely N-dealkylation sites (N-methyl/N-ethyl adjacent to an activating group) is 1. The third-order valence-electron chi connectivity index (χ3n) is 2.55. The van der Waals surface area contributed by atoms with Crippen molar-refractivity contribution in [2.75, 3.05) is 25.2 Å². The van der Waals surface area contributed by atoms with Gasteiger partial charge in [0.15, 0.2) is 0 Å². The molecule has 0 bridgehead atoms. The monoisotopic (exact) mass is 214 g/mol. The molecule has 0 saturated carbocycles. The second-order valence-electron chi connectivity index (χ2n) is 3.57. The number of anilines is 1. The minimum atomic E-state index is -1.01. The molecule has 2 heterocycles. The highest BCUT2D eigenvalue weighted by Crippen LogP contribution is 2.20. The van der Waals surface area contributed by atoms with Crippen LogP contribution in [0, 0.1) is 5.82 Å². The van der Waals surface area contributed by atoms with Crippen LogP contribution < -0.4 is 4.90 Å². The van der Waals surface area contributed by atoms with Crippen molar-refractivity contribution in [3.63, 3.8) is 0 Å². The Balaban J connectivity index is 2.13. The predicted octanol–water partition coefficient (Wildman–Crippen LogP) is 1.39. The molecule has 3 nitrogen and oxygen atoms in total. The zero-order chi connectivity index (χ0) is 10.8. The van der Waals surface area contributed by atoms with E-state index in [2.05, 4.69) is 4.98 Å². The van der Waals surface area contributed by atoms with Gasteiger partial charge in [0.05, 0.1) is 25.5 Å². The number of nitrogens with zero attached hydrogens (tertiary/aromatic N) is 2. The normalized spacial score (nSPS) is 25.5. The van der Waals surface area contributed by atoms with Crippen LogP contribution in [-0.4, -0.2) is 37.5 Å². The van der Waals surface area contributed by atoms with Gasteiger partial charge >= 0.3 is 0 Å². The number of rotatable bonds is 2. The number of aromatic nitrogens is 1. The summed E-state index contributed by atoms with van der Waals surface area (Å²) in [6, 6.07) is 2.50. The summed E-state index contributed by atoms with van der Waals surface area (Å²) in [5, 5.41) is 0. The van der Waals surface area contributed by atoms with Gasteiger partial charge in [-0.2, -0.15) is 0 Å². The van der Waals surface area contributed by atoms with Gasteiger partial charge in [0.2, 0.25) is 0 Å². The van der Waals surface area contributed by atoms with Crippen molar-refractivity contribution in [1.29, 1.82) is 0 Å². The molecule has 82 valence electrons. The van der Waals surface area contributed by atoms with Gasteiger partial charge in [-0.1, -0.05) is 0 Å². The highest BCUT2D eigenvalue weighted by molar-refractivity contribution is 5.39. The number of pyridine rings is 1. The smallest absolute Gasteiger partial charge is 0.146 e. The van der Waals surface area contributed by atoms with E-state index in [0.29, 0.717) is 12.4 Å². The number of hydrogen-bond acceptors (Lipinski definition) is 3. The Bertz CT molecular complexity index is 331. The number of hydrogen-bond donors (Lipinski definition) is 0. The quantitative estimate of drug-likeness (QED) is 0.744. The lowest BCUT2D eigenvalue weighted by Gasteiger charge is -2.25. The molecule has 1 saturated heterocycles. The number of alkyl halides is 1. The highest BCUT2D eigenvalue weighted by Gasteiger charge is 2.31. The van der Waals surface area contributed by atoms with Crippen molar-refractivity contribution >= 4 is 5.82 Å². The molecule has 2 unspecified atom stereocenters. The van der Waals surface area contributed by atoms with Crippen LogP contribution in [0.15, 0.2) is 18.3 Å². The van der Waals surface area contributed by atoms with E-state index in [0.717, 1.165) is 6.20 Å². The Hall–Kier alpha value is -1.23. The van der Waals surface area contributed by atoms with Crippen LogP contribution in [0.1, 0.15) is 0 Å². The van der Waals surface area contributed by atoms with E-state index in [1.165, 1.54) is 12.1 Å². The molecule has 1 aromatic rings. The molecular formula is C10H12F2N2O. The van der Waals surface area contributed by atoms with E-state index >= 15 is 0 Å². The number of halogens is 2. The van der Waals surface area contributed by atoms with Crippen molar-refractivity contribution in [1.82, 2.24) is 4.98 Å². The summed E-state index contributed by atoms with van der Waals surface area (Å²) in [5.74, 6) is 0.154. The zero-order valence-electron chi connectivity index (χ0n) is 8.36. The Morgan fingerprint density at radius 2 is 2.27 bits per heavy atom. The van der Waals surface area contributed by atoms with E-state index in [1.807, 2.05) is 0 Å². The lowest BCUT2D eigenvalue weighted by atomic mass is 10.2. The standard InChI is InChI=1S/C10H12F2N2O/c1-14(9-6-15-5-8(9)12)10-3-2-7(11)4-13-10/h2-4,8-9H,5-6H2,1H3.